The SMILES string of the molecule is CCOC(=O)c1cc(C(=O)NCCCN2CCN(c3ccc(OC)cc3)CC2)cc([N+](=O)[O-])c1. The van der Waals surface area contributed by atoms with Crippen LogP contribution < -0.4 is 15.0 Å². The lowest BCUT2D eigenvalue weighted by molar-refractivity contribution is -0.384. The van der Waals surface area contributed by atoms with Crippen molar-refractivity contribution in [3.63, 3.8) is 0 Å². The van der Waals surface area contributed by atoms with Gasteiger partial charge in [0.25, 0.3) is 11.6 Å². The van der Waals surface area contributed by atoms with Crippen LogP contribution in [0.1, 0.15) is 34.1 Å². The molecule has 1 aliphatic rings. The largest absolute Gasteiger partial charge is 0.497 e. The van der Waals surface area contributed by atoms with E-state index >= 15 is 0 Å². The predicted octanol–water partition coefficient (Wildman–Crippen LogP) is 2.72. The average Bonchev–Trinajstić information content (AvgIpc) is 2.86. The van der Waals surface area contributed by atoms with Crippen LogP contribution in [0.2, 0.25) is 0 Å². The second kappa shape index (κ2) is 12.0. The van der Waals surface area contributed by atoms with Crippen LogP contribution >= 0.6 is 0 Å². The first-order valence-corrected chi connectivity index (χ1v) is 11.3. The van der Waals surface area contributed by atoms with Gasteiger partial charge in [-0.2, -0.15) is 0 Å². The Bertz CT molecular complexity index is 1000. The number of nitrogens with zero attached hydrogens (tertiary/aromatic N) is 3. The first kappa shape index (κ1) is 25.0. The summed E-state index contributed by atoms with van der Waals surface area (Å²) in [4.78, 5) is 39.8. The van der Waals surface area contributed by atoms with Gasteiger partial charge in [-0.1, -0.05) is 0 Å². The zero-order valence-corrected chi connectivity index (χ0v) is 19.5. The third-order valence-corrected chi connectivity index (χ3v) is 5.65. The van der Waals surface area contributed by atoms with Crippen LogP contribution in [-0.4, -0.2) is 74.7 Å². The molecule has 3 rings (SSSR count). The molecule has 1 heterocycles. The van der Waals surface area contributed by atoms with E-state index in [0.717, 1.165) is 57.0 Å². The molecule has 1 aliphatic heterocycles. The van der Waals surface area contributed by atoms with E-state index in [4.69, 9.17) is 9.47 Å². The molecule has 0 aromatic heterocycles. The molecule has 0 atom stereocenters. The minimum Gasteiger partial charge on any atom is -0.497 e. The van der Waals surface area contributed by atoms with Crippen LogP contribution in [-0.2, 0) is 4.74 Å². The highest BCUT2D eigenvalue weighted by atomic mass is 16.6. The minimum atomic E-state index is -0.700. The van der Waals surface area contributed by atoms with Crippen molar-refractivity contribution in [3.05, 3.63) is 63.7 Å². The van der Waals surface area contributed by atoms with E-state index in [1.165, 1.54) is 11.8 Å². The average molecular weight is 471 g/mol. The van der Waals surface area contributed by atoms with Gasteiger partial charge in [0.15, 0.2) is 0 Å². The molecular formula is C24H30N4O6. The molecule has 10 heteroatoms. The number of ether oxygens (including phenoxy) is 2. The minimum absolute atomic E-state index is 0.0177. The van der Waals surface area contributed by atoms with Crippen LogP contribution in [0, 0.1) is 10.1 Å². The van der Waals surface area contributed by atoms with E-state index < -0.39 is 16.8 Å². The Labute approximate surface area is 198 Å². The number of esters is 1. The number of anilines is 1. The Hall–Kier alpha value is -3.66. The van der Waals surface area contributed by atoms with Crippen molar-refractivity contribution in [1.29, 1.82) is 0 Å². The predicted molar refractivity (Wildman–Crippen MR) is 128 cm³/mol. The summed E-state index contributed by atoms with van der Waals surface area (Å²) >= 11 is 0. The highest BCUT2D eigenvalue weighted by molar-refractivity contribution is 5.99. The zero-order valence-electron chi connectivity index (χ0n) is 19.5. The topological polar surface area (TPSA) is 114 Å². The number of carbonyl (C=O) groups is 2. The summed E-state index contributed by atoms with van der Waals surface area (Å²) in [6.07, 6.45) is 0.744. The Morgan fingerprint density at radius 2 is 1.74 bits per heavy atom. The normalized spacial score (nSPS) is 13.9. The van der Waals surface area contributed by atoms with Crippen LogP contribution in [0.25, 0.3) is 0 Å². The Kier molecular flexibility index (Phi) is 8.80. The molecule has 182 valence electrons. The number of hydrogen-bond acceptors (Lipinski definition) is 8. The lowest BCUT2D eigenvalue weighted by Crippen LogP contribution is -2.47. The number of benzene rings is 2. The Balaban J connectivity index is 1.45. The molecule has 0 unspecified atom stereocenters. The van der Waals surface area contributed by atoms with Crippen LogP contribution in [0.5, 0.6) is 5.75 Å². The third kappa shape index (κ3) is 6.67. The summed E-state index contributed by atoms with van der Waals surface area (Å²) in [7, 11) is 1.65. The second-order valence-corrected chi connectivity index (χ2v) is 7.88. The molecule has 0 saturated carbocycles. The highest BCUT2D eigenvalue weighted by Crippen LogP contribution is 2.21. The first-order chi connectivity index (χ1) is 16.4. The number of nitro groups is 1. The van der Waals surface area contributed by atoms with Gasteiger partial charge in [-0.15, -0.1) is 0 Å². The van der Waals surface area contributed by atoms with Crippen LogP contribution in [0.4, 0.5) is 11.4 Å². The monoisotopic (exact) mass is 470 g/mol. The number of hydrogen-bond donors (Lipinski definition) is 1. The smallest absolute Gasteiger partial charge is 0.338 e. The molecule has 0 bridgehead atoms. The van der Waals surface area contributed by atoms with Gasteiger partial charge in [0, 0.05) is 56.1 Å². The van der Waals surface area contributed by atoms with Crippen molar-refractivity contribution in [2.75, 3.05) is 57.9 Å². The van der Waals surface area contributed by atoms with Crippen LogP contribution in [0.15, 0.2) is 42.5 Å². The highest BCUT2D eigenvalue weighted by Gasteiger charge is 2.19. The number of non-ortho nitro benzene ring substituents is 1. The molecule has 10 nitrogen and oxygen atoms in total. The quantitative estimate of drug-likeness (QED) is 0.244. The number of carbonyl (C=O) groups excluding carboxylic acids is 2. The van der Waals surface area contributed by atoms with E-state index in [1.807, 2.05) is 12.1 Å². The Morgan fingerprint density at radius 1 is 1.06 bits per heavy atom. The van der Waals surface area contributed by atoms with Crippen molar-refractivity contribution >= 4 is 23.3 Å². The molecule has 1 N–H and O–H groups in total. The molecular weight excluding hydrogens is 440 g/mol. The Morgan fingerprint density at radius 3 is 2.35 bits per heavy atom. The fourth-order valence-corrected chi connectivity index (χ4v) is 3.81. The van der Waals surface area contributed by atoms with Gasteiger partial charge in [0.1, 0.15) is 5.75 Å². The maximum absolute atomic E-state index is 12.5. The van der Waals surface area contributed by atoms with Crippen molar-refractivity contribution in [1.82, 2.24) is 10.2 Å². The number of methoxy groups -OCH3 is 1. The maximum atomic E-state index is 12.5. The van der Waals surface area contributed by atoms with Gasteiger partial charge in [-0.3, -0.25) is 19.8 Å². The van der Waals surface area contributed by atoms with E-state index in [-0.39, 0.29) is 23.4 Å². The summed E-state index contributed by atoms with van der Waals surface area (Å²) in [5.74, 6) is -0.320. The summed E-state index contributed by atoms with van der Waals surface area (Å²) in [6, 6.07) is 11.6. The molecule has 1 fully saturated rings. The van der Waals surface area contributed by atoms with Crippen molar-refractivity contribution in [3.8, 4) is 5.75 Å². The van der Waals surface area contributed by atoms with Crippen molar-refractivity contribution in [2.45, 2.75) is 13.3 Å². The molecule has 0 radical (unpaired) electrons. The number of piperazine rings is 1. The number of amides is 1. The fourth-order valence-electron chi connectivity index (χ4n) is 3.81. The lowest BCUT2D eigenvalue weighted by Gasteiger charge is -2.36. The van der Waals surface area contributed by atoms with Gasteiger partial charge in [-0.05, 0) is 50.2 Å². The zero-order chi connectivity index (χ0) is 24.5. The van der Waals surface area contributed by atoms with E-state index in [2.05, 4.69) is 27.2 Å². The van der Waals surface area contributed by atoms with E-state index in [1.54, 1.807) is 14.0 Å². The first-order valence-electron chi connectivity index (χ1n) is 11.3. The third-order valence-electron chi connectivity index (χ3n) is 5.65. The molecule has 1 amide bonds. The fraction of sp³-hybridized carbons (Fsp3) is 0.417. The molecule has 0 spiro atoms. The summed E-state index contributed by atoms with van der Waals surface area (Å²) < 4.78 is 10.1. The van der Waals surface area contributed by atoms with Gasteiger partial charge in [0.05, 0.1) is 24.2 Å². The molecule has 2 aromatic rings. The van der Waals surface area contributed by atoms with Gasteiger partial charge in [-0.25, -0.2) is 4.79 Å². The van der Waals surface area contributed by atoms with Gasteiger partial charge < -0.3 is 19.7 Å². The number of nitrogens with one attached hydrogen (secondary N) is 1. The molecule has 34 heavy (non-hydrogen) atoms. The summed E-state index contributed by atoms with van der Waals surface area (Å²) in [6.45, 7) is 6.72. The summed E-state index contributed by atoms with van der Waals surface area (Å²) in [5.41, 5.74) is 0.888. The summed E-state index contributed by atoms with van der Waals surface area (Å²) in [5, 5.41) is 14.0. The van der Waals surface area contributed by atoms with E-state index in [9.17, 15) is 19.7 Å². The van der Waals surface area contributed by atoms with Crippen molar-refractivity contribution in [2.24, 2.45) is 0 Å². The standard InChI is InChI=1S/C24H30N4O6/c1-3-34-24(30)19-15-18(16-21(17-19)28(31)32)23(29)25-9-4-10-26-11-13-27(14-12-26)20-5-7-22(33-2)8-6-20/h5-8,15-17H,3-4,9-14H2,1-2H3,(H,25,29). The molecule has 0 aliphatic carbocycles. The van der Waals surface area contributed by atoms with Gasteiger partial charge >= 0.3 is 5.97 Å². The number of rotatable bonds is 10. The second-order valence-electron chi connectivity index (χ2n) is 7.88. The van der Waals surface area contributed by atoms with Crippen LogP contribution in [0.3, 0.4) is 0 Å². The molecule has 2 aromatic carbocycles. The van der Waals surface area contributed by atoms with E-state index in [0.29, 0.717) is 6.54 Å². The number of nitro benzene ring substituents is 1. The van der Waals surface area contributed by atoms with Gasteiger partial charge in [0.2, 0.25) is 0 Å². The lowest BCUT2D eigenvalue weighted by atomic mass is 10.1. The maximum Gasteiger partial charge on any atom is 0.338 e. The molecule has 1 saturated heterocycles. The van der Waals surface area contributed by atoms with Crippen molar-refractivity contribution < 1.29 is 24.0 Å².